The number of nitrogens with zero attached hydrogens (tertiary/aromatic N) is 4. The van der Waals surface area contributed by atoms with Gasteiger partial charge >= 0.3 is 0 Å². The molecule has 4 rings (SSSR count). The number of nitrogens with one attached hydrogen (secondary N) is 1. The van der Waals surface area contributed by atoms with Gasteiger partial charge in [-0.1, -0.05) is 28.6 Å². The maximum atomic E-state index is 13.2. The van der Waals surface area contributed by atoms with Crippen LogP contribution < -0.4 is 10.1 Å². The molecule has 1 N–H and O–H groups in total. The molecular formula is C22H25N5O7S2. The average Bonchev–Trinajstić information content (AvgIpc) is 3.53. The number of carbonyl (C=O) groups excluding carboxylic acids is 1. The van der Waals surface area contributed by atoms with Crippen LogP contribution in [0.25, 0.3) is 10.5 Å². The third-order valence-corrected chi connectivity index (χ3v) is 7.85. The summed E-state index contributed by atoms with van der Waals surface area (Å²) in [6.07, 6.45) is 2.18. The van der Waals surface area contributed by atoms with Crippen LogP contribution in [0.3, 0.4) is 0 Å². The Balaban J connectivity index is 1.56. The first-order valence-corrected chi connectivity index (χ1v) is 13.5. The molecule has 1 aromatic carbocycles. The van der Waals surface area contributed by atoms with Crippen molar-refractivity contribution in [1.29, 1.82) is 0 Å². The molecule has 0 spiro atoms. The van der Waals surface area contributed by atoms with Gasteiger partial charge < -0.3 is 19.0 Å². The molecule has 1 aliphatic heterocycles. The molecule has 0 bridgehead atoms. The largest absolute Gasteiger partial charge is 0.480 e. The Morgan fingerprint density at radius 2 is 2.06 bits per heavy atom. The van der Waals surface area contributed by atoms with Gasteiger partial charge in [0.1, 0.15) is 0 Å². The molecule has 1 fully saturated rings. The van der Waals surface area contributed by atoms with Crippen molar-refractivity contribution in [3.8, 4) is 5.88 Å². The van der Waals surface area contributed by atoms with E-state index in [2.05, 4.69) is 25.4 Å². The number of oxime groups is 1. The van der Waals surface area contributed by atoms with E-state index in [1.54, 1.807) is 0 Å². The fourth-order valence-electron chi connectivity index (χ4n) is 3.29. The van der Waals surface area contributed by atoms with Gasteiger partial charge in [-0.25, -0.2) is 13.4 Å². The summed E-state index contributed by atoms with van der Waals surface area (Å²) in [5.74, 6) is -0.303. The zero-order chi connectivity index (χ0) is 25.5. The SMILES string of the molecule is COCCCS(=O)(=O)c1ccc(C(=NO[C@@H]2CCOC2)C(=O)Nc2nc3ncc(OC)nc3s2)cc1. The normalized spacial score (nSPS) is 16.3. The number of thiazole rings is 1. The number of ether oxygens (including phenoxy) is 3. The van der Waals surface area contributed by atoms with E-state index in [0.717, 1.165) is 11.3 Å². The molecule has 12 nitrogen and oxygen atoms in total. The lowest BCUT2D eigenvalue weighted by Gasteiger charge is -2.10. The Morgan fingerprint density at radius 3 is 2.75 bits per heavy atom. The van der Waals surface area contributed by atoms with Crippen molar-refractivity contribution in [2.24, 2.45) is 5.16 Å². The number of amides is 1. The van der Waals surface area contributed by atoms with E-state index < -0.39 is 15.7 Å². The minimum Gasteiger partial charge on any atom is -0.480 e. The number of hydrogen-bond acceptors (Lipinski definition) is 12. The molecule has 3 aromatic rings. The van der Waals surface area contributed by atoms with E-state index in [1.165, 1.54) is 44.7 Å². The predicted octanol–water partition coefficient (Wildman–Crippen LogP) is 2.05. The number of fused-ring (bicyclic) bond motifs is 1. The van der Waals surface area contributed by atoms with Crippen LogP contribution in [-0.2, 0) is 28.9 Å². The molecular weight excluding hydrogens is 510 g/mol. The number of hydrogen-bond donors (Lipinski definition) is 1. The van der Waals surface area contributed by atoms with Crippen molar-refractivity contribution < 1.29 is 32.3 Å². The highest BCUT2D eigenvalue weighted by Gasteiger charge is 2.22. The average molecular weight is 536 g/mol. The molecule has 0 aliphatic carbocycles. The maximum absolute atomic E-state index is 13.2. The lowest BCUT2D eigenvalue weighted by molar-refractivity contribution is -0.110. The Bertz CT molecular complexity index is 1340. The first-order chi connectivity index (χ1) is 17.4. The van der Waals surface area contributed by atoms with Gasteiger partial charge in [0.25, 0.3) is 5.91 Å². The van der Waals surface area contributed by atoms with Gasteiger partial charge in [-0.15, -0.1) is 0 Å². The van der Waals surface area contributed by atoms with Crippen LogP contribution >= 0.6 is 11.3 Å². The Morgan fingerprint density at radius 1 is 1.25 bits per heavy atom. The van der Waals surface area contributed by atoms with Gasteiger partial charge in [0.05, 0.1) is 37.2 Å². The van der Waals surface area contributed by atoms with E-state index in [1.807, 2.05) is 0 Å². The molecule has 2 aromatic heterocycles. The maximum Gasteiger partial charge on any atom is 0.280 e. The number of aromatic nitrogens is 3. The topological polar surface area (TPSA) is 151 Å². The Kier molecular flexibility index (Phi) is 8.40. The highest BCUT2D eigenvalue weighted by Crippen LogP contribution is 2.25. The van der Waals surface area contributed by atoms with Gasteiger partial charge in [-0.3, -0.25) is 10.1 Å². The van der Waals surface area contributed by atoms with Crippen molar-refractivity contribution >= 4 is 48.4 Å². The van der Waals surface area contributed by atoms with Crippen molar-refractivity contribution in [2.45, 2.75) is 23.8 Å². The van der Waals surface area contributed by atoms with E-state index in [4.69, 9.17) is 19.0 Å². The van der Waals surface area contributed by atoms with E-state index in [-0.39, 0.29) is 27.6 Å². The number of sulfone groups is 1. The molecule has 1 atom stereocenters. The summed E-state index contributed by atoms with van der Waals surface area (Å²) in [6.45, 7) is 1.26. The van der Waals surface area contributed by atoms with E-state index in [9.17, 15) is 13.2 Å². The molecule has 36 heavy (non-hydrogen) atoms. The zero-order valence-electron chi connectivity index (χ0n) is 19.7. The molecule has 0 saturated carbocycles. The van der Waals surface area contributed by atoms with Gasteiger partial charge in [0.15, 0.2) is 37.3 Å². The monoisotopic (exact) mass is 535 g/mol. The summed E-state index contributed by atoms with van der Waals surface area (Å²) in [4.78, 5) is 32.1. The first kappa shape index (κ1) is 25.9. The molecule has 192 valence electrons. The highest BCUT2D eigenvalue weighted by molar-refractivity contribution is 7.91. The van der Waals surface area contributed by atoms with E-state index in [0.29, 0.717) is 54.6 Å². The standard InChI is InChI=1S/C22H25N5O7S2/c1-31-9-3-11-36(29,30)16-6-4-14(5-7-16)18(27-34-15-8-10-33-13-15)20(28)26-22-25-19-21(35-22)24-17(32-2)12-23-19/h4-7,12,15H,3,8-11,13H2,1-2H3,(H,23,25,26,28)/t15-/m1/s1. The predicted molar refractivity (Wildman–Crippen MR) is 132 cm³/mol. The molecule has 1 aliphatic rings. The number of benzene rings is 1. The Labute approximate surface area is 211 Å². The highest BCUT2D eigenvalue weighted by atomic mass is 32.2. The van der Waals surface area contributed by atoms with Crippen LogP contribution in [0.5, 0.6) is 5.88 Å². The fourth-order valence-corrected chi connectivity index (χ4v) is 5.36. The van der Waals surface area contributed by atoms with Crippen molar-refractivity contribution in [1.82, 2.24) is 15.0 Å². The van der Waals surface area contributed by atoms with E-state index >= 15 is 0 Å². The van der Waals surface area contributed by atoms with Crippen LogP contribution in [0, 0.1) is 0 Å². The molecule has 1 amide bonds. The van der Waals surface area contributed by atoms with Crippen LogP contribution in [0.2, 0.25) is 0 Å². The number of carbonyl (C=O) groups is 1. The summed E-state index contributed by atoms with van der Waals surface area (Å²) in [7, 11) is -0.491. The minimum absolute atomic E-state index is 0.0389. The van der Waals surface area contributed by atoms with Crippen LogP contribution in [0.4, 0.5) is 5.13 Å². The summed E-state index contributed by atoms with van der Waals surface area (Å²) in [5.41, 5.74) is 0.696. The van der Waals surface area contributed by atoms with Crippen LogP contribution in [0.15, 0.2) is 40.5 Å². The van der Waals surface area contributed by atoms with Crippen LogP contribution in [-0.4, -0.2) is 80.9 Å². The quantitative estimate of drug-likeness (QED) is 0.219. The van der Waals surface area contributed by atoms with Gasteiger partial charge in [0, 0.05) is 25.7 Å². The second kappa shape index (κ2) is 11.7. The summed E-state index contributed by atoms with van der Waals surface area (Å²) in [6, 6.07) is 5.92. The second-order valence-corrected chi connectivity index (χ2v) is 10.8. The van der Waals surface area contributed by atoms with Crippen molar-refractivity contribution in [2.75, 3.05) is 45.1 Å². The number of rotatable bonds is 11. The van der Waals surface area contributed by atoms with Gasteiger partial charge in [-0.2, -0.15) is 9.97 Å². The molecule has 0 radical (unpaired) electrons. The molecule has 3 heterocycles. The third-order valence-electron chi connectivity index (χ3n) is 5.18. The lowest BCUT2D eigenvalue weighted by Crippen LogP contribution is -2.25. The number of anilines is 1. The summed E-state index contributed by atoms with van der Waals surface area (Å²) >= 11 is 1.12. The molecule has 1 saturated heterocycles. The minimum atomic E-state index is -3.49. The smallest absolute Gasteiger partial charge is 0.280 e. The fraction of sp³-hybridized carbons (Fsp3) is 0.409. The molecule has 0 unspecified atom stereocenters. The van der Waals surface area contributed by atoms with Crippen LogP contribution in [0.1, 0.15) is 18.4 Å². The second-order valence-electron chi connectivity index (χ2n) is 7.73. The van der Waals surface area contributed by atoms with Crippen molar-refractivity contribution in [3.63, 3.8) is 0 Å². The number of methoxy groups -OCH3 is 2. The van der Waals surface area contributed by atoms with Gasteiger partial charge in [0.2, 0.25) is 5.88 Å². The molecule has 14 heteroatoms. The summed E-state index contributed by atoms with van der Waals surface area (Å²) < 4.78 is 40.4. The zero-order valence-corrected chi connectivity index (χ0v) is 21.3. The summed E-state index contributed by atoms with van der Waals surface area (Å²) in [5, 5.41) is 7.05. The third kappa shape index (κ3) is 6.32. The van der Waals surface area contributed by atoms with Gasteiger partial charge in [-0.05, 0) is 18.6 Å². The first-order valence-electron chi connectivity index (χ1n) is 11.0. The Hall–Kier alpha value is -3.20. The van der Waals surface area contributed by atoms with Crippen molar-refractivity contribution in [3.05, 3.63) is 36.0 Å². The lowest BCUT2D eigenvalue weighted by atomic mass is 10.1.